The molecule has 0 saturated carbocycles. The number of amides is 2. The van der Waals surface area contributed by atoms with Gasteiger partial charge >= 0.3 is 5.97 Å². The van der Waals surface area contributed by atoms with Crippen LogP contribution in [0.1, 0.15) is 51.0 Å². The standard InChI is InChI=1S/C21H28N2O4/c1-2-3-13-27-20(25)14-16-7-9-17(10-8-16)23-19(24)15-18(21(23)26)22-11-5-4-6-12-22/h7-10,18H,2-6,11-15H2,1H3/p+1/t18-/m1/s1. The van der Waals surface area contributed by atoms with Crippen molar-refractivity contribution >= 4 is 23.5 Å². The number of benzene rings is 1. The zero-order chi connectivity index (χ0) is 19.2. The number of esters is 1. The lowest BCUT2D eigenvalue weighted by Gasteiger charge is -2.27. The van der Waals surface area contributed by atoms with Gasteiger partial charge in [0.05, 0.1) is 38.2 Å². The molecule has 6 heteroatoms. The number of nitrogens with zero attached hydrogens (tertiary/aromatic N) is 1. The molecule has 1 atom stereocenters. The average molecular weight is 373 g/mol. The van der Waals surface area contributed by atoms with Crippen molar-refractivity contribution in [3.8, 4) is 0 Å². The second-order valence-corrected chi connectivity index (χ2v) is 7.46. The van der Waals surface area contributed by atoms with Crippen LogP contribution in [0.2, 0.25) is 0 Å². The molecular weight excluding hydrogens is 344 g/mol. The monoisotopic (exact) mass is 373 g/mol. The van der Waals surface area contributed by atoms with Crippen LogP contribution in [0.15, 0.2) is 24.3 Å². The Bertz CT molecular complexity index is 680. The van der Waals surface area contributed by atoms with E-state index in [1.165, 1.54) is 16.2 Å². The number of ether oxygens (including phenoxy) is 1. The quantitative estimate of drug-likeness (QED) is 0.444. The highest BCUT2D eigenvalue weighted by atomic mass is 16.5. The molecule has 1 N–H and O–H groups in total. The number of carbonyl (C=O) groups is 3. The molecule has 2 amide bonds. The van der Waals surface area contributed by atoms with Gasteiger partial charge in [-0.15, -0.1) is 0 Å². The van der Waals surface area contributed by atoms with Crippen LogP contribution >= 0.6 is 0 Å². The van der Waals surface area contributed by atoms with E-state index in [2.05, 4.69) is 0 Å². The first kappa shape index (κ1) is 19.5. The maximum Gasteiger partial charge on any atom is 0.310 e. The van der Waals surface area contributed by atoms with E-state index in [9.17, 15) is 14.4 Å². The van der Waals surface area contributed by atoms with E-state index in [1.807, 2.05) is 6.92 Å². The van der Waals surface area contributed by atoms with Crippen molar-refractivity contribution in [2.45, 2.75) is 57.9 Å². The van der Waals surface area contributed by atoms with Crippen LogP contribution in [0, 0.1) is 0 Å². The lowest BCUT2D eigenvalue weighted by atomic mass is 10.1. The first-order valence-electron chi connectivity index (χ1n) is 10.1. The first-order chi connectivity index (χ1) is 13.1. The van der Waals surface area contributed by atoms with Crippen molar-refractivity contribution in [3.63, 3.8) is 0 Å². The number of quaternary nitrogens is 1. The third-order valence-electron chi connectivity index (χ3n) is 5.44. The molecule has 2 saturated heterocycles. The van der Waals surface area contributed by atoms with Gasteiger partial charge < -0.3 is 9.64 Å². The van der Waals surface area contributed by atoms with Crippen molar-refractivity contribution < 1.29 is 24.0 Å². The smallest absolute Gasteiger partial charge is 0.310 e. The summed E-state index contributed by atoms with van der Waals surface area (Å²) in [4.78, 5) is 39.7. The fourth-order valence-electron chi connectivity index (χ4n) is 3.89. The molecule has 0 unspecified atom stereocenters. The second kappa shape index (κ2) is 9.13. The van der Waals surface area contributed by atoms with Gasteiger partial charge in [0.2, 0.25) is 5.91 Å². The van der Waals surface area contributed by atoms with Crippen LogP contribution in [0.25, 0.3) is 0 Å². The van der Waals surface area contributed by atoms with Gasteiger partial charge in [0.1, 0.15) is 0 Å². The molecule has 0 spiro atoms. The van der Waals surface area contributed by atoms with Crippen LogP contribution in [0.4, 0.5) is 5.69 Å². The predicted molar refractivity (Wildman–Crippen MR) is 101 cm³/mol. The summed E-state index contributed by atoms with van der Waals surface area (Å²) in [6.07, 6.45) is 5.80. The SMILES string of the molecule is CCCCOC(=O)Cc1ccc(N2C(=O)C[C@@H]([NH+]3CCCCC3)C2=O)cc1. The number of anilines is 1. The number of likely N-dealkylation sites (tertiary alicyclic amines) is 1. The number of rotatable bonds is 7. The molecule has 3 rings (SSSR count). The van der Waals surface area contributed by atoms with Crippen LogP contribution in [-0.2, 0) is 25.5 Å². The van der Waals surface area contributed by atoms with Gasteiger partial charge in [-0.2, -0.15) is 0 Å². The molecule has 27 heavy (non-hydrogen) atoms. The van der Waals surface area contributed by atoms with Crippen molar-refractivity contribution in [1.82, 2.24) is 0 Å². The number of carbonyl (C=O) groups excluding carboxylic acids is 3. The van der Waals surface area contributed by atoms with Crippen LogP contribution in [-0.4, -0.2) is 43.5 Å². The topological polar surface area (TPSA) is 68.1 Å². The van der Waals surface area contributed by atoms with Gasteiger partial charge in [0.25, 0.3) is 5.91 Å². The van der Waals surface area contributed by atoms with Crippen molar-refractivity contribution in [2.24, 2.45) is 0 Å². The number of piperidine rings is 1. The lowest BCUT2D eigenvalue weighted by molar-refractivity contribution is -0.919. The Balaban J connectivity index is 1.61. The largest absolute Gasteiger partial charge is 0.465 e. The minimum absolute atomic E-state index is 0.0939. The zero-order valence-electron chi connectivity index (χ0n) is 16.0. The summed E-state index contributed by atoms with van der Waals surface area (Å²) >= 11 is 0. The summed E-state index contributed by atoms with van der Waals surface area (Å²) in [7, 11) is 0. The van der Waals surface area contributed by atoms with Gasteiger partial charge in [-0.1, -0.05) is 25.5 Å². The summed E-state index contributed by atoms with van der Waals surface area (Å²) in [5, 5.41) is 0. The molecule has 0 radical (unpaired) electrons. The number of imide groups is 1. The third kappa shape index (κ3) is 4.75. The Morgan fingerprint density at radius 1 is 1.15 bits per heavy atom. The zero-order valence-corrected chi connectivity index (χ0v) is 16.0. The first-order valence-corrected chi connectivity index (χ1v) is 10.1. The van der Waals surface area contributed by atoms with Gasteiger partial charge in [0.15, 0.2) is 6.04 Å². The Labute approximate surface area is 160 Å². The highest BCUT2D eigenvalue weighted by Crippen LogP contribution is 2.23. The van der Waals surface area contributed by atoms with Gasteiger partial charge in [-0.05, 0) is 43.4 Å². The molecule has 2 heterocycles. The maximum atomic E-state index is 12.8. The third-order valence-corrected chi connectivity index (χ3v) is 5.44. The molecule has 0 bridgehead atoms. The van der Waals surface area contributed by atoms with Gasteiger partial charge in [0, 0.05) is 0 Å². The summed E-state index contributed by atoms with van der Waals surface area (Å²) in [5.74, 6) is -0.475. The van der Waals surface area contributed by atoms with E-state index in [0.717, 1.165) is 44.3 Å². The molecule has 2 fully saturated rings. The van der Waals surface area contributed by atoms with Gasteiger partial charge in [-0.25, -0.2) is 4.90 Å². The molecule has 0 aromatic heterocycles. The number of hydrogen-bond donors (Lipinski definition) is 1. The Kier molecular flexibility index (Phi) is 6.61. The normalized spacial score (nSPS) is 20.9. The molecular formula is C21H29N2O4+. The van der Waals surface area contributed by atoms with Crippen molar-refractivity contribution in [1.29, 1.82) is 0 Å². The van der Waals surface area contributed by atoms with E-state index in [1.54, 1.807) is 24.3 Å². The van der Waals surface area contributed by atoms with Crippen LogP contribution in [0.3, 0.4) is 0 Å². The lowest BCUT2D eigenvalue weighted by Crippen LogP contribution is -3.17. The summed E-state index contributed by atoms with van der Waals surface area (Å²) in [6.45, 7) is 4.43. The van der Waals surface area contributed by atoms with Crippen molar-refractivity contribution in [2.75, 3.05) is 24.6 Å². The van der Waals surface area contributed by atoms with Crippen molar-refractivity contribution in [3.05, 3.63) is 29.8 Å². The predicted octanol–water partition coefficient (Wildman–Crippen LogP) is 1.27. The second-order valence-electron chi connectivity index (χ2n) is 7.46. The minimum Gasteiger partial charge on any atom is -0.465 e. The average Bonchev–Trinajstić information content (AvgIpc) is 2.98. The highest BCUT2D eigenvalue weighted by molar-refractivity contribution is 6.21. The summed E-state index contributed by atoms with van der Waals surface area (Å²) in [5.41, 5.74) is 1.41. The van der Waals surface area contributed by atoms with E-state index in [0.29, 0.717) is 18.7 Å². The molecule has 0 aliphatic carbocycles. The highest BCUT2D eigenvalue weighted by Gasteiger charge is 2.45. The molecule has 2 aliphatic heterocycles. The van der Waals surface area contributed by atoms with E-state index in [4.69, 9.17) is 4.74 Å². The number of hydrogen-bond acceptors (Lipinski definition) is 4. The number of nitrogens with one attached hydrogen (secondary N) is 1. The molecule has 1 aromatic rings. The van der Waals surface area contributed by atoms with Crippen LogP contribution in [0.5, 0.6) is 0 Å². The molecule has 6 nitrogen and oxygen atoms in total. The number of unbranched alkanes of at least 4 members (excludes halogenated alkanes) is 1. The fraction of sp³-hybridized carbons (Fsp3) is 0.571. The molecule has 2 aliphatic rings. The van der Waals surface area contributed by atoms with Gasteiger partial charge in [-0.3, -0.25) is 14.4 Å². The van der Waals surface area contributed by atoms with E-state index >= 15 is 0 Å². The maximum absolute atomic E-state index is 12.8. The fourth-order valence-corrected chi connectivity index (χ4v) is 3.89. The molecule has 1 aromatic carbocycles. The molecule has 146 valence electrons. The Hall–Kier alpha value is -2.21. The summed E-state index contributed by atoms with van der Waals surface area (Å²) < 4.78 is 5.17. The van der Waals surface area contributed by atoms with E-state index < -0.39 is 0 Å². The summed E-state index contributed by atoms with van der Waals surface area (Å²) in [6, 6.07) is 6.83. The Morgan fingerprint density at radius 3 is 2.52 bits per heavy atom. The minimum atomic E-state index is -0.252. The van der Waals surface area contributed by atoms with Crippen LogP contribution < -0.4 is 9.80 Å². The van der Waals surface area contributed by atoms with E-state index in [-0.39, 0.29) is 30.2 Å². The Morgan fingerprint density at radius 2 is 1.85 bits per heavy atom.